The molecule has 1 heterocycles. The molecule has 1 saturated heterocycles. The van der Waals surface area contributed by atoms with Crippen LogP contribution < -0.4 is 10.6 Å². The molecule has 1 aliphatic rings. The maximum Gasteiger partial charge on any atom is 0.259 e. The summed E-state index contributed by atoms with van der Waals surface area (Å²) in [5.74, 6) is -1.51. The molecule has 2 aromatic carbocycles. The van der Waals surface area contributed by atoms with Gasteiger partial charge >= 0.3 is 0 Å². The smallest absolute Gasteiger partial charge is 0.259 e. The average molecular weight is 513 g/mol. The third kappa shape index (κ3) is 8.74. The number of piperazine rings is 1. The molecular weight excluding hydrogens is 480 g/mol. The molecule has 0 radical (unpaired) electrons. The summed E-state index contributed by atoms with van der Waals surface area (Å²) in [7, 11) is 0. The summed E-state index contributed by atoms with van der Waals surface area (Å²) < 4.78 is 0. The largest absolute Gasteiger partial charge is 0.374 e. The number of amides is 2. The first-order valence-corrected chi connectivity index (χ1v) is 12.3. The molecule has 0 atom stereocenters. The number of benzene rings is 2. The number of rotatable bonds is 10. The second kappa shape index (κ2) is 14.1. The highest BCUT2D eigenvalue weighted by Crippen LogP contribution is 2.11. The molecular formula is C30H32N4O4. The number of hydrogen-bond donors (Lipinski definition) is 2. The fourth-order valence-electron chi connectivity index (χ4n) is 3.70. The van der Waals surface area contributed by atoms with Crippen LogP contribution in [0.15, 0.2) is 109 Å². The fourth-order valence-corrected chi connectivity index (χ4v) is 3.70. The summed E-state index contributed by atoms with van der Waals surface area (Å²) in [6.07, 6.45) is 10.2. The monoisotopic (exact) mass is 512 g/mol. The number of Topliss-reactive ketones (excluding diaryl/α,β-unsaturated/α-hetero) is 2. The maximum absolute atomic E-state index is 12.5. The van der Waals surface area contributed by atoms with Gasteiger partial charge in [-0.2, -0.15) is 0 Å². The van der Waals surface area contributed by atoms with E-state index in [4.69, 9.17) is 0 Å². The molecule has 0 bridgehead atoms. The van der Waals surface area contributed by atoms with E-state index < -0.39 is 11.8 Å². The maximum atomic E-state index is 12.5. The predicted molar refractivity (Wildman–Crippen MR) is 149 cm³/mol. The second-order valence-corrected chi connectivity index (χ2v) is 8.67. The minimum absolute atomic E-state index is 0.0797. The van der Waals surface area contributed by atoms with Crippen LogP contribution in [-0.2, 0) is 19.2 Å². The van der Waals surface area contributed by atoms with Gasteiger partial charge in [-0.15, -0.1) is 0 Å². The summed E-state index contributed by atoms with van der Waals surface area (Å²) in [5, 5.41) is 5.46. The van der Waals surface area contributed by atoms with Crippen molar-refractivity contribution in [1.29, 1.82) is 0 Å². The van der Waals surface area contributed by atoms with Gasteiger partial charge in [0.15, 0.2) is 11.6 Å². The lowest BCUT2D eigenvalue weighted by atomic mass is 10.1. The van der Waals surface area contributed by atoms with Gasteiger partial charge in [0.05, 0.1) is 11.1 Å². The van der Waals surface area contributed by atoms with Gasteiger partial charge in [-0.1, -0.05) is 36.4 Å². The lowest BCUT2D eigenvalue weighted by Gasteiger charge is -2.33. The van der Waals surface area contributed by atoms with Crippen molar-refractivity contribution in [1.82, 2.24) is 9.80 Å². The molecule has 0 aromatic heterocycles. The number of carbonyl (C=O) groups excluding carboxylic acids is 4. The minimum atomic E-state index is -0.446. The van der Waals surface area contributed by atoms with Gasteiger partial charge < -0.3 is 20.4 Å². The molecule has 1 fully saturated rings. The summed E-state index contributed by atoms with van der Waals surface area (Å²) in [6, 6.07) is 18.0. The highest BCUT2D eigenvalue weighted by molar-refractivity contribution is 6.23. The number of nitrogens with one attached hydrogen (secondary N) is 2. The first-order valence-electron chi connectivity index (χ1n) is 12.3. The molecule has 0 aliphatic carbocycles. The normalized spacial score (nSPS) is 14.6. The lowest BCUT2D eigenvalue weighted by molar-refractivity contribution is -0.120. The Morgan fingerprint density at radius 2 is 0.947 bits per heavy atom. The quantitative estimate of drug-likeness (QED) is 0.217. The molecule has 196 valence electrons. The number of nitrogens with zero attached hydrogens (tertiary/aromatic N) is 2. The van der Waals surface area contributed by atoms with Crippen LogP contribution in [0.2, 0.25) is 0 Å². The van der Waals surface area contributed by atoms with E-state index >= 15 is 0 Å². The molecule has 8 heteroatoms. The van der Waals surface area contributed by atoms with E-state index in [2.05, 4.69) is 20.4 Å². The highest BCUT2D eigenvalue weighted by Gasteiger charge is 2.15. The topological polar surface area (TPSA) is 98.8 Å². The van der Waals surface area contributed by atoms with Crippen molar-refractivity contribution in [3.05, 3.63) is 109 Å². The summed E-state index contributed by atoms with van der Waals surface area (Å²) >= 11 is 0. The summed E-state index contributed by atoms with van der Waals surface area (Å²) in [4.78, 5) is 53.1. The Hall–Kier alpha value is -4.72. The predicted octanol–water partition coefficient (Wildman–Crippen LogP) is 3.94. The van der Waals surface area contributed by atoms with Crippen molar-refractivity contribution in [2.75, 3.05) is 36.8 Å². The molecule has 2 amide bonds. The number of hydrogen-bond acceptors (Lipinski definition) is 6. The number of allylic oxidation sites excluding steroid dienone is 4. The average Bonchev–Trinajstić information content (AvgIpc) is 2.90. The first-order chi connectivity index (χ1) is 18.3. The first kappa shape index (κ1) is 27.9. The standard InChI is InChI=1S/C30H32N4O4/c1-23(35)27(29(37)31-25-11-5-3-6-12-25)15-9-17-33-19-21-34(22-20-33)18-10-16-28(24(2)36)30(38)32-26-13-7-4-8-14-26/h3-18H,19-22H2,1-2H3,(H,31,37)(H,32,38). The molecule has 38 heavy (non-hydrogen) atoms. The van der Waals surface area contributed by atoms with Crippen molar-refractivity contribution in [2.45, 2.75) is 13.8 Å². The molecule has 8 nitrogen and oxygen atoms in total. The van der Waals surface area contributed by atoms with Crippen molar-refractivity contribution >= 4 is 34.8 Å². The number of para-hydroxylation sites is 2. The fraction of sp³-hybridized carbons (Fsp3) is 0.200. The van der Waals surface area contributed by atoms with Crippen LogP contribution in [0.25, 0.3) is 0 Å². The second-order valence-electron chi connectivity index (χ2n) is 8.67. The molecule has 0 unspecified atom stereocenters. The van der Waals surface area contributed by atoms with Gasteiger partial charge in [-0.25, -0.2) is 0 Å². The van der Waals surface area contributed by atoms with E-state index in [0.717, 1.165) is 26.2 Å². The Kier molecular flexibility index (Phi) is 10.4. The van der Waals surface area contributed by atoms with Gasteiger partial charge in [0.2, 0.25) is 0 Å². The minimum Gasteiger partial charge on any atom is -0.374 e. The van der Waals surface area contributed by atoms with E-state index in [1.807, 2.05) is 48.8 Å². The van der Waals surface area contributed by atoms with Gasteiger partial charge in [0, 0.05) is 37.6 Å². The van der Waals surface area contributed by atoms with Crippen LogP contribution in [0, 0.1) is 0 Å². The van der Waals surface area contributed by atoms with Gasteiger partial charge in [0.25, 0.3) is 11.8 Å². The Morgan fingerprint density at radius 1 is 0.605 bits per heavy atom. The highest BCUT2D eigenvalue weighted by atomic mass is 16.2. The van der Waals surface area contributed by atoms with Crippen LogP contribution >= 0.6 is 0 Å². The molecule has 0 spiro atoms. The molecule has 2 aromatic rings. The van der Waals surface area contributed by atoms with E-state index in [0.29, 0.717) is 11.4 Å². The van der Waals surface area contributed by atoms with Crippen LogP contribution in [0.1, 0.15) is 13.8 Å². The van der Waals surface area contributed by atoms with Crippen molar-refractivity contribution in [3.63, 3.8) is 0 Å². The number of ketones is 2. The summed E-state index contributed by atoms with van der Waals surface area (Å²) in [6.45, 7) is 5.67. The summed E-state index contributed by atoms with van der Waals surface area (Å²) in [5.41, 5.74) is 1.41. The Labute approximate surface area is 223 Å². The van der Waals surface area contributed by atoms with E-state index in [-0.39, 0.29) is 22.7 Å². The number of anilines is 2. The van der Waals surface area contributed by atoms with E-state index in [9.17, 15) is 19.2 Å². The lowest BCUT2D eigenvalue weighted by Crippen LogP contribution is -2.41. The van der Waals surface area contributed by atoms with Crippen molar-refractivity contribution < 1.29 is 19.2 Å². The van der Waals surface area contributed by atoms with Crippen molar-refractivity contribution in [2.24, 2.45) is 0 Å². The zero-order valence-electron chi connectivity index (χ0n) is 21.6. The molecule has 3 rings (SSSR count). The Balaban J connectivity index is 1.52. The van der Waals surface area contributed by atoms with Gasteiger partial charge in [0.1, 0.15) is 0 Å². The van der Waals surface area contributed by atoms with Crippen LogP contribution in [0.4, 0.5) is 11.4 Å². The van der Waals surface area contributed by atoms with Gasteiger partial charge in [-0.3, -0.25) is 19.2 Å². The Bertz CT molecular complexity index is 1160. The zero-order chi connectivity index (χ0) is 27.3. The molecule has 0 saturated carbocycles. The van der Waals surface area contributed by atoms with E-state index in [1.54, 1.807) is 36.4 Å². The van der Waals surface area contributed by atoms with Gasteiger partial charge in [-0.05, 0) is 74.8 Å². The third-order valence-electron chi connectivity index (χ3n) is 5.78. The zero-order valence-corrected chi connectivity index (χ0v) is 21.6. The van der Waals surface area contributed by atoms with Crippen LogP contribution in [0.3, 0.4) is 0 Å². The van der Waals surface area contributed by atoms with Crippen molar-refractivity contribution in [3.8, 4) is 0 Å². The Morgan fingerprint density at radius 3 is 1.26 bits per heavy atom. The van der Waals surface area contributed by atoms with Crippen LogP contribution in [-0.4, -0.2) is 59.4 Å². The SMILES string of the molecule is CC(=O)C(=CC=CN1CCN(C=CC=C(C(C)=O)C(=O)Nc2ccccc2)CC1)C(=O)Nc1ccccc1. The number of carbonyl (C=O) groups is 4. The van der Waals surface area contributed by atoms with Crippen LogP contribution in [0.5, 0.6) is 0 Å². The van der Waals surface area contributed by atoms with E-state index in [1.165, 1.54) is 26.0 Å². The molecule has 1 aliphatic heterocycles. The third-order valence-corrected chi connectivity index (χ3v) is 5.78. The molecule has 2 N–H and O–H groups in total.